The zero-order chi connectivity index (χ0) is 17.2. The van der Waals surface area contributed by atoms with Crippen LogP contribution in [0.2, 0.25) is 0 Å². The number of aromatic amines is 1. The molecule has 4 aromatic rings. The Hall–Kier alpha value is -2.86. The minimum absolute atomic E-state index is 0.741. The maximum atomic E-state index is 5.26. The number of nitrogens with one attached hydrogen (secondary N) is 1. The number of aromatic nitrogens is 4. The van der Waals surface area contributed by atoms with Crippen LogP contribution >= 0.6 is 11.8 Å². The van der Waals surface area contributed by atoms with E-state index < -0.39 is 0 Å². The standard InChI is InChI=1S/C19H16N4OS/c1-24-13-5-3-12(4-6-13)18-14(11-17-16(22-18)8-9-20-17)15-7-10-21-19(23-15)25-2/h3-11,20H,1-2H3. The zero-order valence-electron chi connectivity index (χ0n) is 13.9. The summed E-state index contributed by atoms with van der Waals surface area (Å²) in [7, 11) is 1.66. The average Bonchev–Trinajstić information content (AvgIpc) is 3.14. The van der Waals surface area contributed by atoms with Gasteiger partial charge in [-0.25, -0.2) is 15.0 Å². The van der Waals surface area contributed by atoms with Gasteiger partial charge >= 0.3 is 0 Å². The maximum Gasteiger partial charge on any atom is 0.187 e. The molecule has 1 N–H and O–H groups in total. The summed E-state index contributed by atoms with van der Waals surface area (Å²) in [5.41, 5.74) is 5.64. The Morgan fingerprint density at radius 2 is 1.88 bits per heavy atom. The lowest BCUT2D eigenvalue weighted by Crippen LogP contribution is -1.95. The van der Waals surface area contributed by atoms with Crippen molar-refractivity contribution in [1.82, 2.24) is 19.9 Å². The number of pyridine rings is 1. The lowest BCUT2D eigenvalue weighted by Gasteiger charge is -2.10. The summed E-state index contributed by atoms with van der Waals surface area (Å²) in [6.45, 7) is 0. The molecule has 0 atom stereocenters. The summed E-state index contributed by atoms with van der Waals surface area (Å²) < 4.78 is 5.26. The molecule has 0 bridgehead atoms. The summed E-state index contributed by atoms with van der Waals surface area (Å²) in [5.74, 6) is 0.819. The van der Waals surface area contributed by atoms with E-state index in [0.717, 1.165) is 44.5 Å². The largest absolute Gasteiger partial charge is 0.497 e. The first-order valence-corrected chi connectivity index (χ1v) is 9.01. The summed E-state index contributed by atoms with van der Waals surface area (Å²) in [4.78, 5) is 17.0. The van der Waals surface area contributed by atoms with Crippen LogP contribution in [0.25, 0.3) is 33.5 Å². The second-order valence-corrected chi connectivity index (χ2v) is 6.23. The Balaban J connectivity index is 1.94. The Morgan fingerprint density at radius 3 is 2.64 bits per heavy atom. The van der Waals surface area contributed by atoms with E-state index in [0.29, 0.717) is 0 Å². The molecule has 0 amide bonds. The second kappa shape index (κ2) is 6.57. The van der Waals surface area contributed by atoms with Crippen molar-refractivity contribution in [2.45, 2.75) is 5.16 Å². The molecule has 0 unspecified atom stereocenters. The molecule has 0 saturated carbocycles. The van der Waals surface area contributed by atoms with Crippen molar-refractivity contribution in [1.29, 1.82) is 0 Å². The number of rotatable bonds is 4. The van der Waals surface area contributed by atoms with Gasteiger partial charge in [0, 0.05) is 23.5 Å². The number of methoxy groups -OCH3 is 1. The quantitative estimate of drug-likeness (QED) is 0.437. The van der Waals surface area contributed by atoms with Crippen molar-refractivity contribution in [2.75, 3.05) is 13.4 Å². The van der Waals surface area contributed by atoms with Crippen molar-refractivity contribution in [3.63, 3.8) is 0 Å². The van der Waals surface area contributed by atoms with Gasteiger partial charge in [0.2, 0.25) is 0 Å². The Bertz CT molecular complexity index is 1030. The highest BCUT2D eigenvalue weighted by atomic mass is 32.2. The van der Waals surface area contributed by atoms with Gasteiger partial charge in [0.05, 0.1) is 29.5 Å². The second-order valence-electron chi connectivity index (χ2n) is 5.45. The van der Waals surface area contributed by atoms with Crippen LogP contribution in [-0.4, -0.2) is 33.3 Å². The minimum atomic E-state index is 0.741. The molecule has 1 aromatic carbocycles. The van der Waals surface area contributed by atoms with Crippen LogP contribution in [0.5, 0.6) is 5.75 Å². The molecule has 4 rings (SSSR count). The van der Waals surface area contributed by atoms with E-state index >= 15 is 0 Å². The first-order valence-electron chi connectivity index (χ1n) is 7.78. The lowest BCUT2D eigenvalue weighted by atomic mass is 10.0. The zero-order valence-corrected chi connectivity index (χ0v) is 14.7. The highest BCUT2D eigenvalue weighted by Gasteiger charge is 2.14. The van der Waals surface area contributed by atoms with Gasteiger partial charge < -0.3 is 9.72 Å². The van der Waals surface area contributed by atoms with E-state index in [1.807, 2.05) is 48.9 Å². The van der Waals surface area contributed by atoms with Crippen LogP contribution < -0.4 is 4.74 Å². The summed E-state index contributed by atoms with van der Waals surface area (Å²) in [6, 6.07) is 13.9. The SMILES string of the molecule is COc1ccc(-c2nc3cc[nH]c3cc2-c2ccnc(SC)n2)cc1. The Morgan fingerprint density at radius 1 is 1.04 bits per heavy atom. The van der Waals surface area contributed by atoms with Gasteiger partial charge in [-0.2, -0.15) is 0 Å². The number of ether oxygens (including phenoxy) is 1. The van der Waals surface area contributed by atoms with Crippen LogP contribution in [0.3, 0.4) is 0 Å². The molecular formula is C19H16N4OS. The number of hydrogen-bond donors (Lipinski definition) is 1. The summed E-state index contributed by atoms with van der Waals surface area (Å²) in [5, 5.41) is 0.741. The van der Waals surface area contributed by atoms with Gasteiger partial charge in [0.15, 0.2) is 5.16 Å². The molecule has 0 saturated heterocycles. The van der Waals surface area contributed by atoms with E-state index in [1.165, 1.54) is 11.8 Å². The monoisotopic (exact) mass is 348 g/mol. The molecule has 124 valence electrons. The highest BCUT2D eigenvalue weighted by Crippen LogP contribution is 2.33. The molecule has 3 aromatic heterocycles. The van der Waals surface area contributed by atoms with E-state index in [1.54, 1.807) is 13.3 Å². The Kier molecular flexibility index (Phi) is 4.11. The van der Waals surface area contributed by atoms with E-state index in [4.69, 9.17) is 9.72 Å². The highest BCUT2D eigenvalue weighted by molar-refractivity contribution is 7.98. The predicted molar refractivity (Wildman–Crippen MR) is 101 cm³/mol. The first kappa shape index (κ1) is 15.7. The van der Waals surface area contributed by atoms with E-state index in [2.05, 4.69) is 21.0 Å². The molecule has 0 radical (unpaired) electrons. The molecule has 5 nitrogen and oxygen atoms in total. The fourth-order valence-corrected chi connectivity index (χ4v) is 3.09. The van der Waals surface area contributed by atoms with Crippen molar-refractivity contribution < 1.29 is 4.74 Å². The molecular weight excluding hydrogens is 332 g/mol. The van der Waals surface area contributed by atoms with Gasteiger partial charge in [-0.3, -0.25) is 0 Å². The number of hydrogen-bond acceptors (Lipinski definition) is 5. The number of thioether (sulfide) groups is 1. The van der Waals surface area contributed by atoms with E-state index in [9.17, 15) is 0 Å². The lowest BCUT2D eigenvalue weighted by molar-refractivity contribution is 0.415. The van der Waals surface area contributed by atoms with Gasteiger partial charge in [-0.05, 0) is 48.7 Å². The molecule has 0 aliphatic heterocycles. The predicted octanol–water partition coefficient (Wildman–Crippen LogP) is 4.42. The number of benzene rings is 1. The van der Waals surface area contributed by atoms with Gasteiger partial charge in [-0.15, -0.1) is 0 Å². The summed E-state index contributed by atoms with van der Waals surface area (Å²) >= 11 is 1.52. The molecule has 0 aliphatic rings. The third kappa shape index (κ3) is 2.96. The van der Waals surface area contributed by atoms with Crippen LogP contribution in [-0.2, 0) is 0 Å². The molecule has 25 heavy (non-hydrogen) atoms. The Labute approximate surface area is 149 Å². The first-order chi connectivity index (χ1) is 12.3. The van der Waals surface area contributed by atoms with Gasteiger partial charge in [0.1, 0.15) is 5.75 Å². The third-order valence-electron chi connectivity index (χ3n) is 3.99. The smallest absolute Gasteiger partial charge is 0.187 e. The number of H-pyrrole nitrogens is 1. The maximum absolute atomic E-state index is 5.26. The van der Waals surface area contributed by atoms with Crippen molar-refractivity contribution in [3.05, 3.63) is 54.9 Å². The molecule has 0 spiro atoms. The molecule has 3 heterocycles. The topological polar surface area (TPSA) is 63.7 Å². The average molecular weight is 348 g/mol. The van der Waals surface area contributed by atoms with Crippen molar-refractivity contribution in [2.24, 2.45) is 0 Å². The molecule has 6 heteroatoms. The normalized spacial score (nSPS) is 11.0. The van der Waals surface area contributed by atoms with Gasteiger partial charge in [0.25, 0.3) is 0 Å². The number of fused-ring (bicyclic) bond motifs is 1. The van der Waals surface area contributed by atoms with Crippen LogP contribution in [0.4, 0.5) is 0 Å². The fraction of sp³-hybridized carbons (Fsp3) is 0.105. The third-order valence-corrected chi connectivity index (χ3v) is 4.55. The van der Waals surface area contributed by atoms with Crippen molar-refractivity contribution >= 4 is 22.8 Å². The fourth-order valence-electron chi connectivity index (χ4n) is 2.73. The van der Waals surface area contributed by atoms with Crippen LogP contribution in [0.15, 0.2) is 60.0 Å². The van der Waals surface area contributed by atoms with Crippen LogP contribution in [0.1, 0.15) is 0 Å². The van der Waals surface area contributed by atoms with Gasteiger partial charge in [-0.1, -0.05) is 11.8 Å². The van der Waals surface area contributed by atoms with Crippen molar-refractivity contribution in [3.8, 4) is 28.3 Å². The minimum Gasteiger partial charge on any atom is -0.497 e. The molecule has 0 fully saturated rings. The van der Waals surface area contributed by atoms with Crippen LogP contribution in [0, 0.1) is 0 Å². The summed E-state index contributed by atoms with van der Waals surface area (Å²) in [6.07, 6.45) is 5.65. The number of nitrogens with zero attached hydrogens (tertiary/aromatic N) is 3. The molecule has 0 aliphatic carbocycles. The van der Waals surface area contributed by atoms with E-state index in [-0.39, 0.29) is 0 Å².